The predicted octanol–water partition coefficient (Wildman–Crippen LogP) is 4.01. The molecule has 178 valence electrons. The molecule has 0 aliphatic carbocycles. The third-order valence-electron chi connectivity index (χ3n) is 4.99. The number of aromatic amines is 1. The zero-order chi connectivity index (χ0) is 24.3. The van der Waals surface area contributed by atoms with Crippen molar-refractivity contribution in [1.82, 2.24) is 9.97 Å². The van der Waals surface area contributed by atoms with Crippen molar-refractivity contribution in [3.8, 4) is 28.4 Å². The molecule has 0 amide bonds. The van der Waals surface area contributed by atoms with Crippen molar-refractivity contribution in [2.45, 2.75) is 26.7 Å². The van der Waals surface area contributed by atoms with E-state index in [-0.39, 0.29) is 25.2 Å². The number of ether oxygens (including phenoxy) is 3. The van der Waals surface area contributed by atoms with Crippen LogP contribution in [-0.4, -0.2) is 41.7 Å². The third-order valence-corrected chi connectivity index (χ3v) is 4.99. The van der Waals surface area contributed by atoms with E-state index >= 15 is 0 Å². The Bertz CT molecular complexity index is 1120. The highest BCUT2D eigenvalue weighted by Crippen LogP contribution is 2.22. The van der Waals surface area contributed by atoms with Gasteiger partial charge in [-0.25, -0.2) is 4.98 Å². The van der Waals surface area contributed by atoms with Gasteiger partial charge in [0.2, 0.25) is 0 Å². The van der Waals surface area contributed by atoms with Crippen molar-refractivity contribution >= 4 is 11.9 Å². The lowest BCUT2D eigenvalue weighted by atomic mass is 10.0. The maximum atomic E-state index is 12.1. The van der Waals surface area contributed by atoms with Crippen LogP contribution in [0.15, 0.2) is 65.5 Å². The van der Waals surface area contributed by atoms with Crippen LogP contribution in [0.2, 0.25) is 0 Å². The standard InChI is InChI=1S/C26H28N2O6/c1-3-32-25(30)21(26(31)33-4-2)11-8-16-34-20-14-12-19(13-15-20)24-27-22(17-23(29)28-24)18-9-6-5-7-10-18/h5-7,9-10,12-15,17,21H,3-4,8,11,16H2,1-2H3,(H,27,28,29). The molecule has 0 aliphatic rings. The van der Waals surface area contributed by atoms with Crippen molar-refractivity contribution in [3.05, 3.63) is 71.0 Å². The Kier molecular flexibility index (Phi) is 8.96. The smallest absolute Gasteiger partial charge is 0.320 e. The molecule has 0 radical (unpaired) electrons. The topological polar surface area (TPSA) is 108 Å². The fourth-order valence-electron chi connectivity index (χ4n) is 3.36. The van der Waals surface area contributed by atoms with E-state index in [9.17, 15) is 14.4 Å². The van der Waals surface area contributed by atoms with E-state index in [1.54, 1.807) is 26.0 Å². The van der Waals surface area contributed by atoms with E-state index < -0.39 is 17.9 Å². The summed E-state index contributed by atoms with van der Waals surface area (Å²) in [7, 11) is 0. The van der Waals surface area contributed by atoms with Gasteiger partial charge in [-0.05, 0) is 51.0 Å². The van der Waals surface area contributed by atoms with Crippen LogP contribution >= 0.6 is 0 Å². The highest BCUT2D eigenvalue weighted by molar-refractivity contribution is 5.94. The quantitative estimate of drug-likeness (QED) is 0.260. The Balaban J connectivity index is 1.60. The van der Waals surface area contributed by atoms with Crippen LogP contribution in [0.25, 0.3) is 22.6 Å². The second kappa shape index (κ2) is 12.3. The second-order valence-corrected chi connectivity index (χ2v) is 7.42. The number of carbonyl (C=O) groups is 2. The number of esters is 2. The average Bonchev–Trinajstić information content (AvgIpc) is 2.85. The van der Waals surface area contributed by atoms with E-state index in [2.05, 4.69) is 9.97 Å². The minimum Gasteiger partial charge on any atom is -0.494 e. The van der Waals surface area contributed by atoms with Gasteiger partial charge >= 0.3 is 11.9 Å². The lowest BCUT2D eigenvalue weighted by Crippen LogP contribution is -2.28. The minimum atomic E-state index is -0.953. The number of H-pyrrole nitrogens is 1. The van der Waals surface area contributed by atoms with Gasteiger partial charge in [0, 0.05) is 17.2 Å². The number of hydrogen-bond donors (Lipinski definition) is 1. The Morgan fingerprint density at radius 2 is 1.56 bits per heavy atom. The van der Waals surface area contributed by atoms with Crippen LogP contribution in [0.5, 0.6) is 5.75 Å². The Morgan fingerprint density at radius 3 is 2.18 bits per heavy atom. The summed E-state index contributed by atoms with van der Waals surface area (Å²) in [5.41, 5.74) is 1.96. The van der Waals surface area contributed by atoms with Gasteiger partial charge in [-0.1, -0.05) is 30.3 Å². The van der Waals surface area contributed by atoms with E-state index in [4.69, 9.17) is 14.2 Å². The summed E-state index contributed by atoms with van der Waals surface area (Å²) < 4.78 is 15.7. The number of benzene rings is 2. The Morgan fingerprint density at radius 1 is 0.912 bits per heavy atom. The maximum Gasteiger partial charge on any atom is 0.320 e. The van der Waals surface area contributed by atoms with Crippen LogP contribution in [0.4, 0.5) is 0 Å². The second-order valence-electron chi connectivity index (χ2n) is 7.42. The molecule has 3 aromatic rings. The first-order chi connectivity index (χ1) is 16.5. The highest BCUT2D eigenvalue weighted by atomic mass is 16.6. The highest BCUT2D eigenvalue weighted by Gasteiger charge is 2.28. The molecule has 0 unspecified atom stereocenters. The summed E-state index contributed by atoms with van der Waals surface area (Å²) in [6.45, 7) is 4.09. The maximum absolute atomic E-state index is 12.1. The molecule has 3 rings (SSSR count). The molecule has 1 heterocycles. The van der Waals surface area contributed by atoms with E-state index in [0.717, 1.165) is 11.1 Å². The normalized spacial score (nSPS) is 10.7. The first-order valence-electron chi connectivity index (χ1n) is 11.2. The number of hydrogen-bond acceptors (Lipinski definition) is 7. The molecule has 0 saturated heterocycles. The van der Waals surface area contributed by atoms with Crippen LogP contribution < -0.4 is 10.3 Å². The summed E-state index contributed by atoms with van der Waals surface area (Å²) in [4.78, 5) is 43.6. The Hall–Kier alpha value is -3.94. The molecule has 8 nitrogen and oxygen atoms in total. The molecule has 0 atom stereocenters. The van der Waals surface area contributed by atoms with Crippen molar-refractivity contribution < 1.29 is 23.8 Å². The van der Waals surface area contributed by atoms with Crippen molar-refractivity contribution in [1.29, 1.82) is 0 Å². The number of carbonyl (C=O) groups excluding carboxylic acids is 2. The van der Waals surface area contributed by atoms with Gasteiger partial charge in [0.1, 0.15) is 11.6 Å². The van der Waals surface area contributed by atoms with Gasteiger partial charge in [-0.3, -0.25) is 14.4 Å². The predicted molar refractivity (Wildman–Crippen MR) is 127 cm³/mol. The van der Waals surface area contributed by atoms with E-state index in [0.29, 0.717) is 30.3 Å². The third kappa shape index (κ3) is 6.78. The lowest BCUT2D eigenvalue weighted by molar-refractivity contribution is -0.162. The first-order valence-corrected chi connectivity index (χ1v) is 11.2. The molecule has 1 aromatic heterocycles. The Labute approximate surface area is 197 Å². The monoisotopic (exact) mass is 464 g/mol. The van der Waals surface area contributed by atoms with Crippen molar-refractivity contribution in [3.63, 3.8) is 0 Å². The first kappa shape index (κ1) is 24.7. The molecule has 0 spiro atoms. The molecule has 1 N–H and O–H groups in total. The zero-order valence-corrected chi connectivity index (χ0v) is 19.3. The molecule has 0 fully saturated rings. The molecule has 2 aromatic carbocycles. The van der Waals surface area contributed by atoms with Gasteiger partial charge in [0.25, 0.3) is 5.56 Å². The summed E-state index contributed by atoms with van der Waals surface area (Å²) in [6, 6.07) is 18.1. The summed E-state index contributed by atoms with van der Waals surface area (Å²) in [5, 5.41) is 0. The summed E-state index contributed by atoms with van der Waals surface area (Å²) in [5.74, 6) is -1.03. The molecule has 8 heteroatoms. The number of rotatable bonds is 11. The van der Waals surface area contributed by atoms with Crippen molar-refractivity contribution in [2.24, 2.45) is 5.92 Å². The largest absolute Gasteiger partial charge is 0.494 e. The van der Waals surface area contributed by atoms with Crippen molar-refractivity contribution in [2.75, 3.05) is 19.8 Å². The zero-order valence-electron chi connectivity index (χ0n) is 19.3. The van der Waals surface area contributed by atoms with Gasteiger partial charge in [0.15, 0.2) is 5.92 Å². The van der Waals surface area contributed by atoms with E-state index in [1.807, 2.05) is 42.5 Å². The van der Waals surface area contributed by atoms with Crippen LogP contribution in [0.1, 0.15) is 26.7 Å². The van der Waals surface area contributed by atoms with Gasteiger partial charge in [0.05, 0.1) is 25.5 Å². The van der Waals surface area contributed by atoms with E-state index in [1.165, 1.54) is 6.07 Å². The fourth-order valence-corrected chi connectivity index (χ4v) is 3.36. The van der Waals surface area contributed by atoms with Gasteiger partial charge in [-0.2, -0.15) is 0 Å². The number of aromatic nitrogens is 2. The fraction of sp³-hybridized carbons (Fsp3) is 0.308. The molecular weight excluding hydrogens is 436 g/mol. The van der Waals surface area contributed by atoms with Crippen LogP contribution in [-0.2, 0) is 19.1 Å². The molecule has 0 saturated carbocycles. The molecule has 34 heavy (non-hydrogen) atoms. The molecule has 0 bridgehead atoms. The number of nitrogens with one attached hydrogen (secondary N) is 1. The number of nitrogens with zero attached hydrogens (tertiary/aromatic N) is 1. The summed E-state index contributed by atoms with van der Waals surface area (Å²) >= 11 is 0. The average molecular weight is 465 g/mol. The SMILES string of the molecule is CCOC(=O)C(CCCOc1ccc(-c2nc(-c3ccccc3)cc(=O)[nH]2)cc1)C(=O)OCC. The minimum absolute atomic E-state index is 0.200. The van der Waals surface area contributed by atoms with Gasteiger partial charge in [-0.15, -0.1) is 0 Å². The molecular formula is C26H28N2O6. The van der Waals surface area contributed by atoms with Crippen LogP contribution in [0, 0.1) is 5.92 Å². The van der Waals surface area contributed by atoms with Gasteiger partial charge < -0.3 is 19.2 Å². The summed E-state index contributed by atoms with van der Waals surface area (Å²) in [6.07, 6.45) is 0.741. The molecule has 0 aliphatic heterocycles. The van der Waals surface area contributed by atoms with Crippen LogP contribution in [0.3, 0.4) is 0 Å². The lowest BCUT2D eigenvalue weighted by Gasteiger charge is -2.14.